The van der Waals surface area contributed by atoms with Crippen LogP contribution in [0.5, 0.6) is 11.5 Å². The van der Waals surface area contributed by atoms with Crippen molar-refractivity contribution in [1.82, 2.24) is 19.4 Å². The summed E-state index contributed by atoms with van der Waals surface area (Å²) in [5.74, 6) is 5.59. The van der Waals surface area contributed by atoms with Crippen molar-refractivity contribution in [3.63, 3.8) is 0 Å². The summed E-state index contributed by atoms with van der Waals surface area (Å²) in [4.78, 5) is 82.5. The van der Waals surface area contributed by atoms with Gasteiger partial charge in [0.15, 0.2) is 6.23 Å². The van der Waals surface area contributed by atoms with E-state index in [4.69, 9.17) is 25.0 Å². The van der Waals surface area contributed by atoms with Gasteiger partial charge in [0.05, 0.1) is 29.4 Å². The van der Waals surface area contributed by atoms with Crippen molar-refractivity contribution in [2.45, 2.75) is 95.5 Å². The minimum Gasteiger partial charge on any atom is -0.478 e. The first-order valence-electron chi connectivity index (χ1n) is 24.3. The van der Waals surface area contributed by atoms with E-state index < -0.39 is 66.1 Å². The highest BCUT2D eigenvalue weighted by atomic mass is 31.3. The smallest absolute Gasteiger partial charge is 0.478 e. The zero-order chi connectivity index (χ0) is 52.3. The second-order valence-corrected chi connectivity index (χ2v) is 23.4. The Balaban J connectivity index is 0.814. The van der Waals surface area contributed by atoms with Crippen LogP contribution in [0.3, 0.4) is 0 Å². The number of nitrogens with one attached hydrogen (secondary N) is 1. The van der Waals surface area contributed by atoms with E-state index in [2.05, 4.69) is 56.9 Å². The number of hydrogen-bond donors (Lipinski definition) is 8. The maximum absolute atomic E-state index is 13.6. The summed E-state index contributed by atoms with van der Waals surface area (Å²) in [5, 5.41) is 26.6. The van der Waals surface area contributed by atoms with Crippen LogP contribution in [0.1, 0.15) is 117 Å². The summed E-state index contributed by atoms with van der Waals surface area (Å²) in [6.45, 7) is 3.40. The summed E-state index contributed by atoms with van der Waals surface area (Å²) in [5.41, 5.74) is 13.7. The van der Waals surface area contributed by atoms with Crippen molar-refractivity contribution in [1.29, 1.82) is 0 Å². The number of carboxylic acid groups (broad SMARTS) is 1. The van der Waals surface area contributed by atoms with E-state index >= 15 is 0 Å². The number of aliphatic hydroxyl groups excluding tert-OH is 1. The van der Waals surface area contributed by atoms with Crippen LogP contribution in [-0.4, -0.2) is 103 Å². The van der Waals surface area contributed by atoms with Crippen LogP contribution in [-0.2, 0) is 57.3 Å². The SMILES string of the molecule is Nc1nc(=O)n(C2OC(COP(=O)(O)OP(=O)(O)OP(=O)(O)O)CC2O)cc1C#CCCCCNC(=O)c1ccc(C2=c3cc4c5c(c3Oc3c2cc2c6c3CCCN6CCC2)CCC[N+]=5CCC4)c(C(=O)O)c1. The summed E-state index contributed by atoms with van der Waals surface area (Å²) >= 11 is 0. The first kappa shape index (κ1) is 51.9. The topological polar surface area (TPSA) is 332 Å². The standard InChI is InChI=1S/C48H53N6O17P3/c49-44-30(25-54(48(59)51-44)46-38(55)24-31(68-46)26-67-73(63,64)71-74(65,66)70-72(60,61)62)9-3-1-2-4-16-50-45(56)29-14-15-32(35(23-29)47(57)58)39-36-21-27-10-5-17-52-19-7-12-33(40(27)52)42(36)69-43-34-13-8-20-53-18-6-11-28(41(34)53)22-37(39)43/h14-15,21-23,25,31,38,46,55H,1-2,4-8,10-13,16-20,24,26H2,(H7-,49,50,51,56,57,58,59,60,61,62,63,64,65,66)/p+1. The Kier molecular flexibility index (Phi) is 14.4. The molecule has 5 unspecified atom stereocenters. The van der Waals surface area contributed by atoms with Gasteiger partial charge < -0.3 is 55.2 Å². The molecule has 392 valence electrons. The molecule has 0 saturated carbocycles. The number of aryl methyl sites for hydroxylation is 2. The number of carboxylic acids is 1. The molecular weight excluding hydrogens is 1030 g/mol. The van der Waals surface area contributed by atoms with E-state index in [1.807, 2.05) is 0 Å². The third kappa shape index (κ3) is 10.7. The van der Waals surface area contributed by atoms with Crippen LogP contribution in [0.25, 0.3) is 5.57 Å². The molecule has 74 heavy (non-hydrogen) atoms. The molecule has 0 aliphatic carbocycles. The molecule has 1 aromatic heterocycles. The van der Waals surface area contributed by atoms with Crippen LogP contribution < -0.4 is 41.5 Å². The van der Waals surface area contributed by atoms with Crippen LogP contribution in [0.2, 0.25) is 0 Å². The lowest BCUT2D eigenvalue weighted by Crippen LogP contribution is -2.45. The van der Waals surface area contributed by atoms with Crippen molar-refractivity contribution in [2.24, 2.45) is 0 Å². The average Bonchev–Trinajstić information content (AvgIpc) is 3.71. The van der Waals surface area contributed by atoms with Gasteiger partial charge in [-0.05, 0) is 86.8 Å². The van der Waals surface area contributed by atoms with Gasteiger partial charge in [0.1, 0.15) is 36.5 Å². The number of rotatable bonds is 15. The molecule has 6 aliphatic heterocycles. The number of carbonyl (C=O) groups is 2. The maximum atomic E-state index is 13.6. The summed E-state index contributed by atoms with van der Waals surface area (Å²) < 4.78 is 62.8. The lowest BCUT2D eigenvalue weighted by Gasteiger charge is -2.39. The molecule has 6 aliphatic rings. The number of aromatic nitrogens is 2. The highest BCUT2D eigenvalue weighted by molar-refractivity contribution is 7.66. The molecule has 5 atom stereocenters. The number of aromatic carboxylic acids is 1. The number of carbonyl (C=O) groups excluding carboxylic acids is 1. The van der Waals surface area contributed by atoms with Gasteiger partial charge in [-0.25, -0.2) is 27.9 Å². The number of phosphoric acid groups is 3. The van der Waals surface area contributed by atoms with Gasteiger partial charge in [0.2, 0.25) is 5.36 Å². The number of phosphoric ester groups is 1. The molecular formula is C48H54N6O17P3+. The first-order chi connectivity index (χ1) is 35.2. The molecule has 1 saturated heterocycles. The van der Waals surface area contributed by atoms with Gasteiger partial charge in [-0.15, -0.1) is 0 Å². The second kappa shape index (κ2) is 20.5. The van der Waals surface area contributed by atoms with Gasteiger partial charge in [0.25, 0.3) is 5.91 Å². The normalized spacial score (nSPS) is 21.1. The number of hydrogen-bond acceptors (Lipinski definition) is 15. The molecule has 9 N–H and O–H groups in total. The Hall–Kier alpha value is -5.56. The number of benzene rings is 3. The second-order valence-electron chi connectivity index (χ2n) is 19.0. The Labute approximate surface area is 422 Å². The number of nitrogens with zero attached hydrogens (tertiary/aromatic N) is 4. The van der Waals surface area contributed by atoms with Crippen molar-refractivity contribution in [3.05, 3.63) is 108 Å². The Morgan fingerprint density at radius 1 is 0.905 bits per heavy atom. The van der Waals surface area contributed by atoms with Crippen molar-refractivity contribution < 1.29 is 75.7 Å². The molecule has 3 aromatic carbocycles. The minimum absolute atomic E-state index is 0.0162. The lowest BCUT2D eigenvalue weighted by molar-refractivity contribution is -0.0523. The predicted octanol–water partition coefficient (Wildman–Crippen LogP) is 2.90. The predicted molar refractivity (Wildman–Crippen MR) is 264 cm³/mol. The number of fused-ring (bicyclic) bond motifs is 4. The molecule has 0 bridgehead atoms. The number of anilines is 2. The number of aliphatic hydroxyl groups is 1. The van der Waals surface area contributed by atoms with E-state index in [0.29, 0.717) is 24.8 Å². The molecule has 0 spiro atoms. The molecule has 26 heteroatoms. The zero-order valence-corrected chi connectivity index (χ0v) is 42.5. The van der Waals surface area contributed by atoms with Crippen molar-refractivity contribution in [3.8, 4) is 23.3 Å². The van der Waals surface area contributed by atoms with Gasteiger partial charge in [-0.1, -0.05) is 17.9 Å². The quantitative estimate of drug-likeness (QED) is 0.0323. The van der Waals surface area contributed by atoms with Crippen molar-refractivity contribution >= 4 is 52.4 Å². The minimum atomic E-state index is -5.76. The third-order valence-corrected chi connectivity index (χ3v) is 17.8. The number of nitrogen functional groups attached to an aromatic ring is 1. The molecule has 23 nitrogen and oxygen atoms in total. The Morgan fingerprint density at radius 2 is 1.65 bits per heavy atom. The third-order valence-electron chi connectivity index (χ3n) is 14.0. The molecule has 0 radical (unpaired) electrons. The number of unbranched alkanes of at least 4 members (excludes halogenated alkanes) is 2. The van der Waals surface area contributed by atoms with Gasteiger partial charge in [0, 0.05) is 90.2 Å². The van der Waals surface area contributed by atoms with Crippen molar-refractivity contribution in [2.75, 3.05) is 50.0 Å². The highest BCUT2D eigenvalue weighted by Gasteiger charge is 2.43. The zero-order valence-electron chi connectivity index (χ0n) is 39.8. The summed E-state index contributed by atoms with van der Waals surface area (Å²) in [7, 11) is -16.8. The molecule has 4 aromatic rings. The van der Waals surface area contributed by atoms with E-state index in [1.165, 1.54) is 45.6 Å². The molecule has 7 heterocycles. The van der Waals surface area contributed by atoms with Crippen LogP contribution in [0.4, 0.5) is 11.5 Å². The first-order valence-corrected chi connectivity index (χ1v) is 28.8. The number of amides is 1. The van der Waals surface area contributed by atoms with Crippen LogP contribution in [0.15, 0.2) is 41.3 Å². The number of nitrogens with two attached hydrogens (primary N) is 1. The fourth-order valence-corrected chi connectivity index (χ4v) is 14.1. The van der Waals surface area contributed by atoms with E-state index in [1.54, 1.807) is 12.1 Å². The van der Waals surface area contributed by atoms with Gasteiger partial charge >= 0.3 is 35.1 Å². The van der Waals surface area contributed by atoms with E-state index in [-0.39, 0.29) is 35.5 Å². The molecule has 10 rings (SSSR count). The Morgan fingerprint density at radius 3 is 2.42 bits per heavy atom. The molecule has 1 fully saturated rings. The van der Waals surface area contributed by atoms with Gasteiger partial charge in [-0.3, -0.25) is 13.9 Å². The largest absolute Gasteiger partial charge is 0.490 e. The fourth-order valence-electron chi connectivity index (χ4n) is 11.0. The lowest BCUT2D eigenvalue weighted by atomic mass is 9.81. The van der Waals surface area contributed by atoms with E-state index in [0.717, 1.165) is 110 Å². The number of ether oxygens (including phenoxy) is 2. The van der Waals surface area contributed by atoms with E-state index in [9.17, 15) is 48.1 Å². The van der Waals surface area contributed by atoms with Crippen LogP contribution in [0, 0.1) is 11.8 Å². The summed E-state index contributed by atoms with van der Waals surface area (Å²) in [6, 6.07) is 9.33. The fraction of sp³-hybridized carbons (Fsp3) is 0.438. The maximum Gasteiger partial charge on any atom is 0.490 e. The summed E-state index contributed by atoms with van der Waals surface area (Å²) in [6.07, 6.45) is 5.95. The monoisotopic (exact) mass is 1080 g/mol. The van der Waals surface area contributed by atoms with Crippen LogP contribution >= 0.6 is 23.5 Å². The highest BCUT2D eigenvalue weighted by Crippen LogP contribution is 2.66. The Bertz CT molecular complexity index is 3420. The average molecular weight is 1080 g/mol. The van der Waals surface area contributed by atoms with Gasteiger partial charge in [-0.2, -0.15) is 13.6 Å². The molecule has 1 amide bonds.